The normalized spacial score (nSPS) is 15.0. The van der Waals surface area contributed by atoms with Crippen LogP contribution < -0.4 is 5.32 Å². The molecule has 0 spiro atoms. The minimum Gasteiger partial charge on any atom is -0.325 e. The first-order valence-electron chi connectivity index (χ1n) is 7.70. The van der Waals surface area contributed by atoms with Gasteiger partial charge in [0.05, 0.1) is 10.3 Å². The van der Waals surface area contributed by atoms with E-state index in [1.807, 2.05) is 24.3 Å². The smallest absolute Gasteiger partial charge is 0.269 e. The van der Waals surface area contributed by atoms with Crippen LogP contribution in [0.15, 0.2) is 48.5 Å². The largest absolute Gasteiger partial charge is 0.325 e. The molecule has 2 aromatic rings. The number of carbonyl (C=O) groups excluding carboxylic acids is 1. The maximum absolute atomic E-state index is 12.6. The molecule has 0 aliphatic heterocycles. The van der Waals surface area contributed by atoms with Gasteiger partial charge in [-0.05, 0) is 42.5 Å². The second kappa shape index (κ2) is 5.83. The van der Waals surface area contributed by atoms with Gasteiger partial charge in [-0.2, -0.15) is 0 Å². The summed E-state index contributed by atoms with van der Waals surface area (Å²) in [5.41, 5.74) is 2.34. The number of hydrogen-bond acceptors (Lipinski definition) is 3. The summed E-state index contributed by atoms with van der Waals surface area (Å²) in [4.78, 5) is 22.9. The van der Waals surface area contributed by atoms with Crippen molar-refractivity contribution < 1.29 is 9.72 Å². The summed E-state index contributed by atoms with van der Waals surface area (Å²) >= 11 is 0. The Bertz CT molecular complexity index is 732. The number of anilines is 1. The standard InChI is InChI=1S/C18H18N2O3/c1-2-13-3-7-15(8-4-13)19-17(21)18(11-12-18)14-5-9-16(10-6-14)20(22)23/h3-10H,2,11-12H2,1H3,(H,19,21). The van der Waals surface area contributed by atoms with Gasteiger partial charge in [-0.25, -0.2) is 0 Å². The van der Waals surface area contributed by atoms with Gasteiger partial charge in [-0.15, -0.1) is 0 Å². The lowest BCUT2D eigenvalue weighted by Crippen LogP contribution is -2.27. The summed E-state index contributed by atoms with van der Waals surface area (Å²) in [7, 11) is 0. The number of carbonyl (C=O) groups is 1. The highest BCUT2D eigenvalue weighted by Crippen LogP contribution is 2.49. The van der Waals surface area contributed by atoms with Crippen LogP contribution in [-0.4, -0.2) is 10.8 Å². The van der Waals surface area contributed by atoms with Crippen LogP contribution in [-0.2, 0) is 16.6 Å². The topological polar surface area (TPSA) is 72.2 Å². The molecule has 5 nitrogen and oxygen atoms in total. The number of nitrogens with one attached hydrogen (secondary N) is 1. The van der Waals surface area contributed by atoms with Gasteiger partial charge in [-0.3, -0.25) is 14.9 Å². The van der Waals surface area contributed by atoms with Crippen molar-refractivity contribution in [3.8, 4) is 0 Å². The third-order valence-electron chi connectivity index (χ3n) is 4.44. The fraction of sp³-hybridized carbons (Fsp3) is 0.278. The lowest BCUT2D eigenvalue weighted by Gasteiger charge is -2.16. The van der Waals surface area contributed by atoms with Crippen molar-refractivity contribution in [2.45, 2.75) is 31.6 Å². The SMILES string of the molecule is CCc1ccc(NC(=O)C2(c3ccc([N+](=O)[O-])cc3)CC2)cc1. The quantitative estimate of drug-likeness (QED) is 0.674. The van der Waals surface area contributed by atoms with E-state index in [9.17, 15) is 14.9 Å². The maximum atomic E-state index is 12.6. The first-order valence-corrected chi connectivity index (χ1v) is 7.70. The van der Waals surface area contributed by atoms with Crippen LogP contribution in [0.2, 0.25) is 0 Å². The average Bonchev–Trinajstić information content (AvgIpc) is 3.37. The van der Waals surface area contributed by atoms with Crippen LogP contribution in [0.1, 0.15) is 30.9 Å². The Morgan fingerprint density at radius 1 is 1.13 bits per heavy atom. The molecule has 0 heterocycles. The van der Waals surface area contributed by atoms with E-state index in [4.69, 9.17) is 0 Å². The van der Waals surface area contributed by atoms with Crippen LogP contribution in [0, 0.1) is 10.1 Å². The molecule has 1 aliphatic carbocycles. The van der Waals surface area contributed by atoms with Crippen LogP contribution in [0.25, 0.3) is 0 Å². The van der Waals surface area contributed by atoms with Crippen molar-refractivity contribution in [3.05, 3.63) is 69.8 Å². The number of rotatable bonds is 5. The lowest BCUT2D eigenvalue weighted by atomic mass is 9.94. The predicted molar refractivity (Wildman–Crippen MR) is 88.5 cm³/mol. The summed E-state index contributed by atoms with van der Waals surface area (Å²) in [6.45, 7) is 2.08. The molecular weight excluding hydrogens is 292 g/mol. The Morgan fingerprint density at radius 3 is 2.22 bits per heavy atom. The van der Waals surface area contributed by atoms with E-state index < -0.39 is 10.3 Å². The van der Waals surface area contributed by atoms with Crippen molar-refractivity contribution in [3.63, 3.8) is 0 Å². The molecule has 23 heavy (non-hydrogen) atoms. The molecule has 0 unspecified atom stereocenters. The third kappa shape index (κ3) is 2.95. The zero-order chi connectivity index (χ0) is 16.4. The molecule has 2 aromatic carbocycles. The summed E-state index contributed by atoms with van der Waals surface area (Å²) in [6, 6.07) is 14.1. The molecule has 118 valence electrons. The van der Waals surface area contributed by atoms with Crippen LogP contribution in [0.3, 0.4) is 0 Å². The van der Waals surface area contributed by atoms with Gasteiger partial charge >= 0.3 is 0 Å². The Labute approximate surface area is 134 Å². The molecule has 1 saturated carbocycles. The molecule has 1 fully saturated rings. The third-order valence-corrected chi connectivity index (χ3v) is 4.44. The minimum atomic E-state index is -0.543. The molecule has 0 bridgehead atoms. The Morgan fingerprint density at radius 2 is 1.74 bits per heavy atom. The maximum Gasteiger partial charge on any atom is 0.269 e. The van der Waals surface area contributed by atoms with Crippen molar-refractivity contribution in [1.29, 1.82) is 0 Å². The molecule has 1 N–H and O–H groups in total. The summed E-state index contributed by atoms with van der Waals surface area (Å²) in [5, 5.41) is 13.7. The predicted octanol–water partition coefficient (Wildman–Crippen LogP) is 3.83. The van der Waals surface area contributed by atoms with E-state index in [1.54, 1.807) is 12.1 Å². The highest BCUT2D eigenvalue weighted by atomic mass is 16.6. The van der Waals surface area contributed by atoms with Crippen molar-refractivity contribution >= 4 is 17.3 Å². The number of aryl methyl sites for hydroxylation is 1. The zero-order valence-electron chi connectivity index (χ0n) is 12.9. The van der Waals surface area contributed by atoms with Gasteiger partial charge < -0.3 is 5.32 Å². The van der Waals surface area contributed by atoms with E-state index >= 15 is 0 Å². The highest BCUT2D eigenvalue weighted by molar-refractivity contribution is 6.01. The van der Waals surface area contributed by atoms with Gasteiger partial charge in [0.1, 0.15) is 0 Å². The first-order chi connectivity index (χ1) is 11.0. The minimum absolute atomic E-state index is 0.0418. The van der Waals surface area contributed by atoms with E-state index in [-0.39, 0.29) is 11.6 Å². The molecule has 1 amide bonds. The molecule has 0 aromatic heterocycles. The number of amides is 1. The van der Waals surface area contributed by atoms with Gasteiger partial charge in [0, 0.05) is 17.8 Å². The van der Waals surface area contributed by atoms with Gasteiger partial charge in [0.2, 0.25) is 5.91 Å². The monoisotopic (exact) mass is 310 g/mol. The van der Waals surface area contributed by atoms with E-state index in [2.05, 4.69) is 12.2 Å². The Kier molecular flexibility index (Phi) is 3.86. The second-order valence-electron chi connectivity index (χ2n) is 5.89. The Hall–Kier alpha value is -2.69. The van der Waals surface area contributed by atoms with E-state index in [0.29, 0.717) is 0 Å². The van der Waals surface area contributed by atoms with Crippen LogP contribution >= 0.6 is 0 Å². The molecule has 0 atom stereocenters. The first kappa shape index (κ1) is 15.2. The van der Waals surface area contributed by atoms with Crippen molar-refractivity contribution in [2.75, 3.05) is 5.32 Å². The van der Waals surface area contributed by atoms with E-state index in [0.717, 1.165) is 30.5 Å². The zero-order valence-corrected chi connectivity index (χ0v) is 12.9. The number of nitro benzene ring substituents is 1. The molecular formula is C18H18N2O3. The Balaban J connectivity index is 1.76. The summed E-state index contributed by atoms with van der Waals surface area (Å²) in [5.74, 6) is -0.0457. The fourth-order valence-corrected chi connectivity index (χ4v) is 2.75. The fourth-order valence-electron chi connectivity index (χ4n) is 2.75. The summed E-state index contributed by atoms with van der Waals surface area (Å²) < 4.78 is 0. The molecule has 3 rings (SSSR count). The number of benzene rings is 2. The molecule has 5 heteroatoms. The lowest BCUT2D eigenvalue weighted by molar-refractivity contribution is -0.384. The molecule has 1 aliphatic rings. The average molecular weight is 310 g/mol. The highest BCUT2D eigenvalue weighted by Gasteiger charge is 2.51. The number of hydrogen-bond donors (Lipinski definition) is 1. The van der Waals surface area contributed by atoms with Gasteiger partial charge in [0.25, 0.3) is 5.69 Å². The van der Waals surface area contributed by atoms with Crippen molar-refractivity contribution in [2.24, 2.45) is 0 Å². The second-order valence-corrected chi connectivity index (χ2v) is 5.89. The van der Waals surface area contributed by atoms with Crippen molar-refractivity contribution in [1.82, 2.24) is 0 Å². The molecule has 0 radical (unpaired) electrons. The number of nitrogens with zero attached hydrogens (tertiary/aromatic N) is 1. The molecule has 0 saturated heterocycles. The van der Waals surface area contributed by atoms with Gasteiger partial charge in [0.15, 0.2) is 0 Å². The number of non-ortho nitro benzene ring substituents is 1. The summed E-state index contributed by atoms with van der Waals surface area (Å²) in [6.07, 6.45) is 2.49. The van der Waals surface area contributed by atoms with Gasteiger partial charge in [-0.1, -0.05) is 31.2 Å². The van der Waals surface area contributed by atoms with E-state index in [1.165, 1.54) is 17.7 Å². The van der Waals surface area contributed by atoms with Crippen LogP contribution in [0.5, 0.6) is 0 Å². The van der Waals surface area contributed by atoms with Crippen LogP contribution in [0.4, 0.5) is 11.4 Å². The number of nitro groups is 1.